The molecule has 10 heteroatoms. The molecule has 0 bridgehead atoms. The summed E-state index contributed by atoms with van der Waals surface area (Å²) in [5, 5.41) is 39.5. The Morgan fingerprint density at radius 1 is 1.25 bits per heavy atom. The SMILES string of the molecule is NCCCN(CCCNc1n[n+]([O-])c2ccccc2[n+]1[O-])C(=O)O. The Kier molecular flexibility index (Phi) is 5.90. The highest BCUT2D eigenvalue weighted by atomic mass is 16.5. The zero-order chi connectivity index (χ0) is 17.5. The van der Waals surface area contributed by atoms with Gasteiger partial charge >= 0.3 is 12.0 Å². The van der Waals surface area contributed by atoms with Gasteiger partial charge < -0.3 is 26.2 Å². The maximum Gasteiger partial charge on any atom is 0.460 e. The van der Waals surface area contributed by atoms with Crippen molar-refractivity contribution in [1.82, 2.24) is 10.00 Å². The molecule has 1 amide bonds. The fraction of sp³-hybridized carbons (Fsp3) is 0.429. The molecule has 0 atom stereocenters. The van der Waals surface area contributed by atoms with Crippen molar-refractivity contribution in [2.45, 2.75) is 12.8 Å². The van der Waals surface area contributed by atoms with Gasteiger partial charge in [0.15, 0.2) is 5.52 Å². The van der Waals surface area contributed by atoms with E-state index in [1.807, 2.05) is 0 Å². The summed E-state index contributed by atoms with van der Waals surface area (Å²) in [6.45, 7) is 1.39. The van der Waals surface area contributed by atoms with Crippen LogP contribution in [0.25, 0.3) is 11.0 Å². The number of rotatable bonds is 8. The van der Waals surface area contributed by atoms with E-state index in [0.29, 0.717) is 48.6 Å². The van der Waals surface area contributed by atoms with E-state index in [1.165, 1.54) is 17.0 Å². The van der Waals surface area contributed by atoms with Crippen molar-refractivity contribution in [3.63, 3.8) is 0 Å². The highest BCUT2D eigenvalue weighted by Crippen LogP contribution is 2.05. The highest BCUT2D eigenvalue weighted by Gasteiger charge is 2.19. The molecular formula is C14H20N6O4. The van der Waals surface area contributed by atoms with Crippen molar-refractivity contribution >= 4 is 23.1 Å². The molecule has 2 aromatic rings. The maximum atomic E-state index is 12.2. The third-order valence-electron chi connectivity index (χ3n) is 3.48. The molecule has 1 heterocycles. The zero-order valence-electron chi connectivity index (χ0n) is 13.1. The standard InChI is InChI=1S/C14H20N6O4/c15-7-3-9-18(14(21)22)10-4-8-16-13-17-20(24)12-6-2-1-5-11(12)19(13)23/h1-2,5-6H,3-4,7-10,15H2,(H,16,17)(H,21,22). The summed E-state index contributed by atoms with van der Waals surface area (Å²) >= 11 is 0. The lowest BCUT2D eigenvalue weighted by atomic mass is 10.3. The van der Waals surface area contributed by atoms with Crippen molar-refractivity contribution in [3.8, 4) is 0 Å². The second kappa shape index (κ2) is 8.11. The Morgan fingerprint density at radius 3 is 2.58 bits per heavy atom. The van der Waals surface area contributed by atoms with Gasteiger partial charge in [0.25, 0.3) is 5.52 Å². The normalized spacial score (nSPS) is 10.7. The molecule has 4 N–H and O–H groups in total. The highest BCUT2D eigenvalue weighted by molar-refractivity contribution is 5.67. The number of fused-ring (bicyclic) bond motifs is 1. The number of hydrogen-bond donors (Lipinski definition) is 3. The van der Waals surface area contributed by atoms with Crippen LogP contribution in [0, 0.1) is 10.4 Å². The quantitative estimate of drug-likeness (QED) is 0.339. The van der Waals surface area contributed by atoms with Gasteiger partial charge in [0, 0.05) is 24.0 Å². The number of amides is 1. The lowest BCUT2D eigenvalue weighted by molar-refractivity contribution is -0.672. The van der Waals surface area contributed by atoms with Gasteiger partial charge in [-0.2, -0.15) is 0 Å². The predicted molar refractivity (Wildman–Crippen MR) is 86.0 cm³/mol. The number of carboxylic acid groups (broad SMARTS) is 1. The summed E-state index contributed by atoms with van der Waals surface area (Å²) in [6, 6.07) is 6.34. The minimum absolute atomic E-state index is 0.118. The van der Waals surface area contributed by atoms with Gasteiger partial charge in [0.05, 0.1) is 6.54 Å². The van der Waals surface area contributed by atoms with Crippen LogP contribution in [-0.2, 0) is 0 Å². The number of hydrogen-bond acceptors (Lipinski definition) is 6. The number of benzene rings is 1. The Morgan fingerprint density at radius 2 is 1.92 bits per heavy atom. The van der Waals surface area contributed by atoms with E-state index in [1.54, 1.807) is 12.1 Å². The molecule has 2 rings (SSSR count). The van der Waals surface area contributed by atoms with Crippen LogP contribution in [0.15, 0.2) is 24.3 Å². The first-order valence-corrected chi connectivity index (χ1v) is 7.58. The third kappa shape index (κ3) is 4.10. The Labute approximate surface area is 138 Å². The van der Waals surface area contributed by atoms with Gasteiger partial charge in [-0.15, -0.1) is 0 Å². The first-order chi connectivity index (χ1) is 11.5. The van der Waals surface area contributed by atoms with E-state index in [-0.39, 0.29) is 17.0 Å². The van der Waals surface area contributed by atoms with Gasteiger partial charge in [0.2, 0.25) is 5.10 Å². The molecule has 24 heavy (non-hydrogen) atoms. The van der Waals surface area contributed by atoms with Crippen molar-refractivity contribution in [3.05, 3.63) is 34.7 Å². The molecule has 0 aliphatic rings. The van der Waals surface area contributed by atoms with Crippen molar-refractivity contribution in [1.29, 1.82) is 0 Å². The van der Waals surface area contributed by atoms with Crippen LogP contribution >= 0.6 is 0 Å². The molecular weight excluding hydrogens is 316 g/mol. The summed E-state index contributed by atoms with van der Waals surface area (Å²) in [7, 11) is 0. The monoisotopic (exact) mass is 336 g/mol. The van der Waals surface area contributed by atoms with E-state index in [9.17, 15) is 15.2 Å². The predicted octanol–water partition coefficient (Wildman–Crippen LogP) is -0.368. The summed E-state index contributed by atoms with van der Waals surface area (Å²) < 4.78 is 0.549. The van der Waals surface area contributed by atoms with Gasteiger partial charge in [-0.1, -0.05) is 12.1 Å². The molecule has 10 nitrogen and oxygen atoms in total. The largest absolute Gasteiger partial charge is 0.739 e. The van der Waals surface area contributed by atoms with Crippen LogP contribution in [-0.4, -0.2) is 47.4 Å². The lowest BCUT2D eigenvalue weighted by Gasteiger charge is -2.18. The van der Waals surface area contributed by atoms with Gasteiger partial charge in [-0.3, -0.25) is 5.32 Å². The molecule has 130 valence electrons. The van der Waals surface area contributed by atoms with Crippen molar-refractivity contribution < 1.29 is 19.5 Å². The van der Waals surface area contributed by atoms with Crippen LogP contribution in [0.3, 0.4) is 0 Å². The number of para-hydroxylation sites is 2. The molecule has 0 radical (unpaired) electrons. The average Bonchev–Trinajstić information content (AvgIpc) is 2.58. The fourth-order valence-electron chi connectivity index (χ4n) is 2.25. The molecule has 1 aromatic heterocycles. The van der Waals surface area contributed by atoms with Gasteiger partial charge in [-0.05, 0) is 25.5 Å². The summed E-state index contributed by atoms with van der Waals surface area (Å²) in [5.74, 6) is -0.118. The minimum atomic E-state index is -1.01. The van der Waals surface area contributed by atoms with Crippen molar-refractivity contribution in [2.24, 2.45) is 5.73 Å². The summed E-state index contributed by atoms with van der Waals surface area (Å²) in [4.78, 5) is 12.7. The van der Waals surface area contributed by atoms with Crippen molar-refractivity contribution in [2.75, 3.05) is 31.5 Å². The average molecular weight is 336 g/mol. The number of carbonyl (C=O) groups is 1. The second-order valence-electron chi connectivity index (χ2n) is 5.17. The van der Waals surface area contributed by atoms with Crippen LogP contribution in [0.4, 0.5) is 10.7 Å². The molecule has 1 aromatic carbocycles. The summed E-state index contributed by atoms with van der Waals surface area (Å²) in [5.41, 5.74) is 5.76. The molecule has 0 fully saturated rings. The van der Waals surface area contributed by atoms with E-state index in [0.717, 1.165) is 0 Å². The van der Waals surface area contributed by atoms with Crippen LogP contribution in [0.5, 0.6) is 0 Å². The van der Waals surface area contributed by atoms with Crippen LogP contribution in [0.2, 0.25) is 0 Å². The van der Waals surface area contributed by atoms with E-state index in [2.05, 4.69) is 10.4 Å². The van der Waals surface area contributed by atoms with E-state index in [4.69, 9.17) is 10.8 Å². The maximum absolute atomic E-state index is 12.2. The molecule has 0 saturated heterocycles. The third-order valence-corrected chi connectivity index (χ3v) is 3.48. The number of nitrogens with one attached hydrogen (secondary N) is 1. The summed E-state index contributed by atoms with van der Waals surface area (Å²) in [6.07, 6.45) is 0.0380. The Hall–Kier alpha value is -2.88. The zero-order valence-corrected chi connectivity index (χ0v) is 13.1. The first-order valence-electron chi connectivity index (χ1n) is 7.58. The number of nitrogens with two attached hydrogens (primary N) is 1. The molecule has 0 aliphatic carbocycles. The molecule has 0 unspecified atom stereocenters. The molecule has 0 aliphatic heterocycles. The molecule has 0 spiro atoms. The number of anilines is 1. The van der Waals surface area contributed by atoms with Crippen LogP contribution in [0.1, 0.15) is 12.8 Å². The lowest BCUT2D eigenvalue weighted by Crippen LogP contribution is -2.44. The smallest absolute Gasteiger partial charge is 0.460 e. The number of nitrogens with zero attached hydrogens (tertiary/aromatic N) is 4. The van der Waals surface area contributed by atoms with E-state index >= 15 is 0 Å². The number of aromatic nitrogens is 3. The first kappa shape index (κ1) is 17.5. The molecule has 0 saturated carbocycles. The topological polar surface area (TPSA) is 145 Å². The van der Waals surface area contributed by atoms with Gasteiger partial charge in [0.1, 0.15) is 0 Å². The van der Waals surface area contributed by atoms with E-state index < -0.39 is 6.09 Å². The Balaban J connectivity index is 1.96. The fourth-order valence-corrected chi connectivity index (χ4v) is 2.25. The van der Waals surface area contributed by atoms with Gasteiger partial charge in [-0.25, -0.2) is 9.52 Å². The Bertz CT molecular complexity index is 711. The minimum Gasteiger partial charge on any atom is -0.739 e. The van der Waals surface area contributed by atoms with Crippen LogP contribution < -0.4 is 20.6 Å². The second-order valence-corrected chi connectivity index (χ2v) is 5.17.